The molecule has 2 saturated heterocycles. The smallest absolute Gasteiger partial charge is 0.164 e. The number of fused-ring (bicyclic) bond motifs is 2. The van der Waals surface area contributed by atoms with E-state index in [1.807, 2.05) is 0 Å². The first kappa shape index (κ1) is 21.1. The zero-order chi connectivity index (χ0) is 22.1. The van der Waals surface area contributed by atoms with Crippen molar-refractivity contribution in [1.29, 1.82) is 0 Å². The molecule has 0 bridgehead atoms. The van der Waals surface area contributed by atoms with Gasteiger partial charge in [0.1, 0.15) is 46.9 Å². The molecule has 2 fully saturated rings. The largest absolute Gasteiger partial charge is 0.383 e. The summed E-state index contributed by atoms with van der Waals surface area (Å²) < 4.78 is 34.5. The average Bonchev–Trinajstić information content (AvgIpc) is 3.35. The van der Waals surface area contributed by atoms with E-state index in [0.717, 1.165) is 0 Å². The van der Waals surface area contributed by atoms with Gasteiger partial charge in [0.05, 0.1) is 10.4 Å². The van der Waals surface area contributed by atoms with Crippen LogP contribution in [0.15, 0.2) is 36.8 Å². The van der Waals surface area contributed by atoms with Gasteiger partial charge in [-0.2, -0.15) is 0 Å². The topological polar surface area (TPSA) is 78.6 Å². The summed E-state index contributed by atoms with van der Waals surface area (Å²) in [5.41, 5.74) is -0.715. The van der Waals surface area contributed by atoms with Gasteiger partial charge in [0.2, 0.25) is 0 Å². The SMILES string of the molecule is CC1(C)OC2[C@H](n3ccc4c(Cl)ncnc43)O[C@H]([C@@](C)(O)c3ccc(Cl)c(F)c3)[C@H]2O1. The minimum absolute atomic E-state index is 0.0281. The number of benzene rings is 1. The Morgan fingerprint density at radius 1 is 1.16 bits per heavy atom. The Balaban J connectivity index is 1.58. The van der Waals surface area contributed by atoms with Gasteiger partial charge in [-0.1, -0.05) is 29.3 Å². The number of aromatic nitrogens is 3. The van der Waals surface area contributed by atoms with E-state index in [4.69, 9.17) is 37.4 Å². The summed E-state index contributed by atoms with van der Waals surface area (Å²) >= 11 is 12.0. The first-order valence-corrected chi connectivity index (χ1v) is 10.5. The Kier molecular flexibility index (Phi) is 4.82. The van der Waals surface area contributed by atoms with Crippen molar-refractivity contribution in [3.63, 3.8) is 0 Å². The second-order valence-corrected chi connectivity index (χ2v) is 9.18. The second-order valence-electron chi connectivity index (χ2n) is 8.41. The molecule has 1 N–H and O–H groups in total. The first-order valence-electron chi connectivity index (χ1n) is 9.74. The van der Waals surface area contributed by atoms with Crippen LogP contribution in [0.1, 0.15) is 32.6 Å². The Labute approximate surface area is 187 Å². The number of aliphatic hydroxyl groups is 1. The van der Waals surface area contributed by atoms with Crippen molar-refractivity contribution < 1.29 is 23.7 Å². The molecule has 31 heavy (non-hydrogen) atoms. The van der Waals surface area contributed by atoms with Gasteiger partial charge in [-0.3, -0.25) is 0 Å². The monoisotopic (exact) mass is 467 g/mol. The number of hydrogen-bond donors (Lipinski definition) is 1. The standard InChI is InChI=1S/C21H20Cl2FN3O4/c1-20(2)30-14-15(31-20)19(27-7-6-11-17(23)25-9-26-18(11)27)29-16(14)21(3,28)10-4-5-12(22)13(24)8-10/h4-9,14-16,19,28H,1-3H3/t14-,15?,16-,19+,21-/m0/s1. The quantitative estimate of drug-likeness (QED) is 0.581. The molecule has 0 aliphatic carbocycles. The van der Waals surface area contributed by atoms with Crippen LogP contribution < -0.4 is 0 Å². The molecule has 1 unspecified atom stereocenters. The molecule has 5 rings (SSSR count). The Morgan fingerprint density at radius 2 is 1.90 bits per heavy atom. The summed E-state index contributed by atoms with van der Waals surface area (Å²) in [5, 5.41) is 12.4. The van der Waals surface area contributed by atoms with Crippen LogP contribution in [0.25, 0.3) is 11.0 Å². The van der Waals surface area contributed by atoms with Gasteiger partial charge in [-0.05, 0) is 44.5 Å². The van der Waals surface area contributed by atoms with Crippen molar-refractivity contribution in [1.82, 2.24) is 14.5 Å². The normalized spacial score (nSPS) is 29.3. The molecule has 5 atom stereocenters. The average molecular weight is 468 g/mol. The summed E-state index contributed by atoms with van der Waals surface area (Å²) in [5.74, 6) is -1.52. The third-order valence-electron chi connectivity index (χ3n) is 5.82. The van der Waals surface area contributed by atoms with Crippen LogP contribution >= 0.6 is 23.2 Å². The number of halogens is 3. The maximum absolute atomic E-state index is 14.1. The van der Waals surface area contributed by atoms with Crippen molar-refractivity contribution in [3.8, 4) is 0 Å². The van der Waals surface area contributed by atoms with Crippen molar-refractivity contribution >= 4 is 34.2 Å². The van der Waals surface area contributed by atoms with Gasteiger partial charge in [-0.25, -0.2) is 14.4 Å². The molecule has 2 aliphatic heterocycles. The predicted octanol–water partition coefficient (Wildman–Crippen LogP) is 4.20. The molecular formula is C21H20Cl2FN3O4. The minimum Gasteiger partial charge on any atom is -0.383 e. The lowest BCUT2D eigenvalue weighted by Gasteiger charge is -2.34. The fraction of sp³-hybridized carbons (Fsp3) is 0.429. The molecular weight excluding hydrogens is 448 g/mol. The Hall–Kier alpha value is -1.81. The molecule has 10 heteroatoms. The lowest BCUT2D eigenvalue weighted by molar-refractivity contribution is -0.221. The van der Waals surface area contributed by atoms with E-state index in [-0.39, 0.29) is 5.02 Å². The molecule has 0 amide bonds. The highest BCUT2D eigenvalue weighted by Gasteiger charge is 2.60. The number of rotatable bonds is 3. The van der Waals surface area contributed by atoms with Crippen LogP contribution in [0.4, 0.5) is 4.39 Å². The predicted molar refractivity (Wildman–Crippen MR) is 111 cm³/mol. The first-order chi connectivity index (χ1) is 14.6. The van der Waals surface area contributed by atoms with Crippen molar-refractivity contribution in [2.45, 2.75) is 56.7 Å². The highest BCUT2D eigenvalue weighted by atomic mass is 35.5. The van der Waals surface area contributed by atoms with Crippen LogP contribution in [0, 0.1) is 5.82 Å². The molecule has 3 aromatic rings. The highest BCUT2D eigenvalue weighted by molar-refractivity contribution is 6.33. The van der Waals surface area contributed by atoms with Gasteiger partial charge in [-0.15, -0.1) is 0 Å². The lowest BCUT2D eigenvalue weighted by Crippen LogP contribution is -2.45. The van der Waals surface area contributed by atoms with Gasteiger partial charge in [0.15, 0.2) is 12.0 Å². The maximum atomic E-state index is 14.1. The van der Waals surface area contributed by atoms with Crippen molar-refractivity contribution in [2.75, 3.05) is 0 Å². The van der Waals surface area contributed by atoms with Gasteiger partial charge in [0.25, 0.3) is 0 Å². The van der Waals surface area contributed by atoms with E-state index >= 15 is 0 Å². The van der Waals surface area contributed by atoms with E-state index in [0.29, 0.717) is 21.7 Å². The fourth-order valence-corrected chi connectivity index (χ4v) is 4.68. The van der Waals surface area contributed by atoms with Crippen LogP contribution in [0.5, 0.6) is 0 Å². The zero-order valence-electron chi connectivity index (χ0n) is 16.9. The fourth-order valence-electron chi connectivity index (χ4n) is 4.37. The number of hydrogen-bond acceptors (Lipinski definition) is 6. The molecule has 0 saturated carbocycles. The summed E-state index contributed by atoms with van der Waals surface area (Å²) in [7, 11) is 0. The van der Waals surface area contributed by atoms with E-state index in [9.17, 15) is 9.50 Å². The Bertz CT molecular complexity index is 1170. The van der Waals surface area contributed by atoms with Gasteiger partial charge < -0.3 is 23.9 Å². The van der Waals surface area contributed by atoms with Gasteiger partial charge in [0, 0.05) is 6.20 Å². The molecule has 1 aromatic carbocycles. The Morgan fingerprint density at radius 3 is 2.65 bits per heavy atom. The minimum atomic E-state index is -1.59. The molecule has 7 nitrogen and oxygen atoms in total. The third-order valence-corrected chi connectivity index (χ3v) is 6.43. The van der Waals surface area contributed by atoms with Crippen LogP contribution in [0.3, 0.4) is 0 Å². The molecule has 4 heterocycles. The van der Waals surface area contributed by atoms with E-state index in [1.54, 1.807) is 43.7 Å². The van der Waals surface area contributed by atoms with Crippen molar-refractivity contribution in [2.24, 2.45) is 0 Å². The summed E-state index contributed by atoms with van der Waals surface area (Å²) in [6.45, 7) is 5.15. The molecule has 2 aromatic heterocycles. The lowest BCUT2D eigenvalue weighted by atomic mass is 9.86. The van der Waals surface area contributed by atoms with Gasteiger partial charge >= 0.3 is 0 Å². The zero-order valence-corrected chi connectivity index (χ0v) is 18.4. The number of nitrogens with zero attached hydrogens (tertiary/aromatic N) is 3. The van der Waals surface area contributed by atoms with Crippen LogP contribution in [0.2, 0.25) is 10.2 Å². The molecule has 0 spiro atoms. The van der Waals surface area contributed by atoms with E-state index in [2.05, 4.69) is 9.97 Å². The van der Waals surface area contributed by atoms with Crippen LogP contribution in [-0.2, 0) is 19.8 Å². The third kappa shape index (κ3) is 3.33. The second kappa shape index (κ2) is 7.10. The summed E-state index contributed by atoms with van der Waals surface area (Å²) in [6.07, 6.45) is 0.453. The number of ether oxygens (including phenoxy) is 3. The summed E-state index contributed by atoms with van der Waals surface area (Å²) in [4.78, 5) is 8.33. The van der Waals surface area contributed by atoms with E-state index in [1.165, 1.54) is 18.5 Å². The molecule has 2 aliphatic rings. The maximum Gasteiger partial charge on any atom is 0.164 e. The van der Waals surface area contributed by atoms with Crippen molar-refractivity contribution in [3.05, 3.63) is 58.3 Å². The summed E-state index contributed by atoms with van der Waals surface area (Å²) in [6, 6.07) is 5.96. The highest BCUT2D eigenvalue weighted by Crippen LogP contribution is 2.49. The van der Waals surface area contributed by atoms with E-state index < -0.39 is 41.7 Å². The molecule has 164 valence electrons. The van der Waals surface area contributed by atoms with Crippen LogP contribution in [-0.4, -0.2) is 43.7 Å². The molecule has 0 radical (unpaired) electrons.